The number of benzene rings is 1. The van der Waals surface area contributed by atoms with Crippen LogP contribution in [0, 0.1) is 11.6 Å². The van der Waals surface area contributed by atoms with E-state index >= 15 is 0 Å². The molecule has 0 amide bonds. The van der Waals surface area contributed by atoms with Crippen LogP contribution >= 0.6 is 24.0 Å². The van der Waals surface area contributed by atoms with Gasteiger partial charge in [0.1, 0.15) is 11.6 Å². The zero-order valence-electron chi connectivity index (χ0n) is 15.9. The van der Waals surface area contributed by atoms with Crippen LogP contribution in [0.3, 0.4) is 0 Å². The number of hydrogen-bond donors (Lipinski definition) is 2. The Balaban J connectivity index is 0.00000625. The quantitative estimate of drug-likeness (QED) is 0.220. The van der Waals surface area contributed by atoms with E-state index in [0.29, 0.717) is 31.0 Å². The molecule has 1 aromatic rings. The molecule has 0 aliphatic heterocycles. The van der Waals surface area contributed by atoms with E-state index in [1.54, 1.807) is 7.11 Å². The number of ether oxygens (including phenoxy) is 1. The molecule has 0 radical (unpaired) electrons. The molecule has 0 heterocycles. The van der Waals surface area contributed by atoms with Crippen molar-refractivity contribution in [2.24, 2.45) is 4.99 Å². The number of rotatable bonds is 11. The van der Waals surface area contributed by atoms with Gasteiger partial charge in [-0.3, -0.25) is 4.99 Å². The summed E-state index contributed by atoms with van der Waals surface area (Å²) in [4.78, 5) is 6.73. The Morgan fingerprint density at radius 2 is 2.00 bits per heavy atom. The highest BCUT2D eigenvalue weighted by atomic mass is 127. The summed E-state index contributed by atoms with van der Waals surface area (Å²) in [5.74, 6) is -0.365. The lowest BCUT2D eigenvalue weighted by Gasteiger charge is -2.16. The van der Waals surface area contributed by atoms with Crippen molar-refractivity contribution in [2.75, 3.05) is 53.5 Å². The first-order valence-electron chi connectivity index (χ1n) is 8.70. The third-order valence-corrected chi connectivity index (χ3v) is 3.69. The molecule has 0 bridgehead atoms. The Morgan fingerprint density at radius 3 is 2.65 bits per heavy atom. The van der Waals surface area contributed by atoms with Gasteiger partial charge in [0.05, 0.1) is 6.54 Å². The number of hydrogen-bond acceptors (Lipinski definition) is 3. The molecule has 0 saturated carbocycles. The predicted octanol–water partition coefficient (Wildman–Crippen LogP) is 2.65. The minimum absolute atomic E-state index is 0. The van der Waals surface area contributed by atoms with Gasteiger partial charge in [0.2, 0.25) is 0 Å². The number of nitrogens with zero attached hydrogens (tertiary/aromatic N) is 2. The molecule has 0 atom stereocenters. The monoisotopic (exact) mass is 484 g/mol. The van der Waals surface area contributed by atoms with E-state index in [2.05, 4.69) is 27.6 Å². The molecule has 2 N–H and O–H groups in total. The van der Waals surface area contributed by atoms with Crippen LogP contribution in [0.4, 0.5) is 8.78 Å². The molecule has 1 rings (SSSR count). The topological polar surface area (TPSA) is 48.9 Å². The van der Waals surface area contributed by atoms with Crippen molar-refractivity contribution >= 4 is 29.9 Å². The minimum Gasteiger partial charge on any atom is -0.385 e. The molecule has 8 heteroatoms. The van der Waals surface area contributed by atoms with Gasteiger partial charge in [-0.1, -0.05) is 6.07 Å². The Bertz CT molecular complexity index is 532. The molecule has 1 aromatic carbocycles. The maximum atomic E-state index is 13.6. The summed E-state index contributed by atoms with van der Waals surface area (Å²) in [6.07, 6.45) is 1.46. The standard InChI is InChI=1S/C18H30F2N4O.HI/c1-4-21-18(23-10-12-24(2)11-5-13-25-3)22-9-8-15-6-7-16(19)14-17(15)20;/h6-7,14H,4-5,8-13H2,1-3H3,(H2,21,22,23);1H. The number of halogens is 3. The van der Waals surface area contributed by atoms with Gasteiger partial charge in [0, 0.05) is 46.0 Å². The molecule has 26 heavy (non-hydrogen) atoms. The van der Waals surface area contributed by atoms with Crippen LogP contribution in [-0.4, -0.2) is 64.3 Å². The van der Waals surface area contributed by atoms with E-state index in [1.807, 2.05) is 6.92 Å². The van der Waals surface area contributed by atoms with Crippen LogP contribution in [0.2, 0.25) is 0 Å². The summed E-state index contributed by atoms with van der Waals surface area (Å²) in [5.41, 5.74) is 0.489. The van der Waals surface area contributed by atoms with Crippen molar-refractivity contribution in [3.05, 3.63) is 35.4 Å². The van der Waals surface area contributed by atoms with Crippen LogP contribution < -0.4 is 10.6 Å². The fraction of sp³-hybridized carbons (Fsp3) is 0.611. The van der Waals surface area contributed by atoms with Gasteiger partial charge in [-0.05, 0) is 38.4 Å². The van der Waals surface area contributed by atoms with Crippen LogP contribution in [0.5, 0.6) is 0 Å². The maximum absolute atomic E-state index is 13.6. The zero-order chi connectivity index (χ0) is 18.5. The number of nitrogens with one attached hydrogen (secondary N) is 2. The average molecular weight is 484 g/mol. The lowest BCUT2D eigenvalue weighted by molar-refractivity contribution is 0.180. The van der Waals surface area contributed by atoms with Gasteiger partial charge < -0.3 is 20.3 Å². The second-order valence-corrected chi connectivity index (χ2v) is 5.82. The molecule has 0 unspecified atom stereocenters. The molecule has 5 nitrogen and oxygen atoms in total. The van der Waals surface area contributed by atoms with Crippen LogP contribution in [0.1, 0.15) is 18.9 Å². The van der Waals surface area contributed by atoms with E-state index in [9.17, 15) is 8.78 Å². The first-order chi connectivity index (χ1) is 12.1. The SMILES string of the molecule is CCNC(=NCCN(C)CCCOC)NCCc1ccc(F)cc1F.I. The molecule has 0 aromatic heterocycles. The second-order valence-electron chi connectivity index (χ2n) is 5.82. The van der Waals surface area contributed by atoms with Crippen LogP contribution in [0.15, 0.2) is 23.2 Å². The third kappa shape index (κ3) is 10.9. The average Bonchev–Trinajstić information content (AvgIpc) is 2.57. The number of methoxy groups -OCH3 is 1. The Hall–Kier alpha value is -1.00. The van der Waals surface area contributed by atoms with Gasteiger partial charge in [-0.15, -0.1) is 24.0 Å². The summed E-state index contributed by atoms with van der Waals surface area (Å²) in [6.45, 7) is 6.53. The van der Waals surface area contributed by atoms with Crippen LogP contribution in [0.25, 0.3) is 0 Å². The van der Waals surface area contributed by atoms with Gasteiger partial charge in [-0.2, -0.15) is 0 Å². The van der Waals surface area contributed by atoms with Crippen molar-refractivity contribution in [2.45, 2.75) is 19.8 Å². The number of guanidine groups is 1. The van der Waals surface area contributed by atoms with E-state index in [0.717, 1.165) is 38.7 Å². The molecular weight excluding hydrogens is 453 g/mol. The van der Waals surface area contributed by atoms with Gasteiger partial charge >= 0.3 is 0 Å². The van der Waals surface area contributed by atoms with Crippen molar-refractivity contribution in [3.63, 3.8) is 0 Å². The second kappa shape index (κ2) is 15.1. The van der Waals surface area contributed by atoms with Gasteiger partial charge in [0.15, 0.2) is 5.96 Å². The van der Waals surface area contributed by atoms with Gasteiger partial charge in [0.25, 0.3) is 0 Å². The highest BCUT2D eigenvalue weighted by Crippen LogP contribution is 2.09. The van der Waals surface area contributed by atoms with Crippen molar-refractivity contribution in [1.29, 1.82) is 0 Å². The van der Waals surface area contributed by atoms with Gasteiger partial charge in [-0.25, -0.2) is 8.78 Å². The predicted molar refractivity (Wildman–Crippen MR) is 113 cm³/mol. The fourth-order valence-corrected chi connectivity index (χ4v) is 2.30. The Kier molecular flexibility index (Phi) is 14.5. The Morgan fingerprint density at radius 1 is 1.23 bits per heavy atom. The molecule has 0 spiro atoms. The minimum atomic E-state index is -0.557. The van der Waals surface area contributed by atoms with Crippen molar-refractivity contribution < 1.29 is 13.5 Å². The van der Waals surface area contributed by atoms with Crippen molar-refractivity contribution in [1.82, 2.24) is 15.5 Å². The highest BCUT2D eigenvalue weighted by molar-refractivity contribution is 14.0. The first kappa shape index (κ1) is 25.0. The lowest BCUT2D eigenvalue weighted by Crippen LogP contribution is -2.39. The molecular formula is C18H31F2IN4O. The molecule has 0 saturated heterocycles. The normalized spacial score (nSPS) is 11.4. The highest BCUT2D eigenvalue weighted by Gasteiger charge is 2.04. The van der Waals surface area contributed by atoms with Crippen LogP contribution in [-0.2, 0) is 11.2 Å². The largest absolute Gasteiger partial charge is 0.385 e. The van der Waals surface area contributed by atoms with E-state index in [4.69, 9.17) is 4.74 Å². The maximum Gasteiger partial charge on any atom is 0.191 e. The summed E-state index contributed by atoms with van der Waals surface area (Å²) in [7, 11) is 3.76. The van der Waals surface area contributed by atoms with E-state index in [1.165, 1.54) is 12.1 Å². The first-order valence-corrected chi connectivity index (χ1v) is 8.70. The molecule has 0 aliphatic carbocycles. The number of aliphatic imine (C=N–C) groups is 1. The number of likely N-dealkylation sites (N-methyl/N-ethyl adjacent to an activating group) is 1. The summed E-state index contributed by atoms with van der Waals surface area (Å²) in [5, 5.41) is 6.34. The van der Waals surface area contributed by atoms with E-state index in [-0.39, 0.29) is 24.0 Å². The summed E-state index contributed by atoms with van der Waals surface area (Å²) >= 11 is 0. The lowest BCUT2D eigenvalue weighted by atomic mass is 10.1. The molecule has 0 aliphatic rings. The van der Waals surface area contributed by atoms with E-state index < -0.39 is 11.6 Å². The van der Waals surface area contributed by atoms with Crippen molar-refractivity contribution in [3.8, 4) is 0 Å². The summed E-state index contributed by atoms with van der Waals surface area (Å²) < 4.78 is 31.6. The zero-order valence-corrected chi connectivity index (χ0v) is 18.2. The fourth-order valence-electron chi connectivity index (χ4n) is 2.30. The Labute approximate surface area is 172 Å². The summed E-state index contributed by atoms with van der Waals surface area (Å²) in [6, 6.07) is 3.66. The smallest absolute Gasteiger partial charge is 0.191 e. The molecule has 150 valence electrons. The molecule has 0 fully saturated rings. The third-order valence-electron chi connectivity index (χ3n) is 3.69.